The van der Waals surface area contributed by atoms with Crippen LogP contribution < -0.4 is 0 Å². The molecule has 20 heavy (non-hydrogen) atoms. The Hall–Kier alpha value is 0.230. The quantitative estimate of drug-likeness (QED) is 0.342. The molecule has 0 saturated carbocycles. The molecule has 0 aliphatic carbocycles. The van der Waals surface area contributed by atoms with Crippen molar-refractivity contribution < 1.29 is 4.79 Å². The molecular formula is C13H10Cl4OS2. The summed E-state index contributed by atoms with van der Waals surface area (Å²) in [5.41, 5.74) is 1.15. The van der Waals surface area contributed by atoms with E-state index < -0.39 is 0 Å². The monoisotopic (exact) mass is 386 g/mol. The van der Waals surface area contributed by atoms with Gasteiger partial charge in [0.2, 0.25) is 5.12 Å². The molecular weight excluding hydrogens is 378 g/mol. The summed E-state index contributed by atoms with van der Waals surface area (Å²) < 4.78 is 0.257. The third-order valence-electron chi connectivity index (χ3n) is 2.15. The van der Waals surface area contributed by atoms with E-state index in [0.717, 1.165) is 22.2 Å². The van der Waals surface area contributed by atoms with Crippen LogP contribution in [-0.2, 0) is 4.79 Å². The molecule has 108 valence electrons. The first-order valence-electron chi connectivity index (χ1n) is 5.30. The molecule has 1 aromatic carbocycles. The number of thioether (sulfide) groups is 2. The lowest BCUT2D eigenvalue weighted by molar-refractivity contribution is -0.107. The molecule has 1 aromatic rings. The Morgan fingerprint density at radius 1 is 0.950 bits per heavy atom. The van der Waals surface area contributed by atoms with Crippen LogP contribution in [0.1, 0.15) is 5.56 Å². The van der Waals surface area contributed by atoms with Crippen LogP contribution in [-0.4, -0.2) is 11.4 Å². The number of hydrogen-bond acceptors (Lipinski definition) is 3. The van der Waals surface area contributed by atoms with Crippen molar-refractivity contribution in [1.29, 1.82) is 0 Å². The first-order chi connectivity index (χ1) is 9.36. The minimum Gasteiger partial charge on any atom is -0.281 e. The van der Waals surface area contributed by atoms with Gasteiger partial charge in [0.05, 0.1) is 14.4 Å². The molecule has 1 nitrogen and oxygen atoms in total. The summed E-state index contributed by atoms with van der Waals surface area (Å²) in [6, 6.07) is 7.75. The lowest BCUT2D eigenvalue weighted by atomic mass is 10.2. The van der Waals surface area contributed by atoms with E-state index in [4.69, 9.17) is 46.4 Å². The fraction of sp³-hybridized carbons (Fsp3) is 0.154. The zero-order valence-electron chi connectivity index (χ0n) is 10.5. The number of aryl methyl sites for hydroxylation is 1. The average molecular weight is 388 g/mol. The van der Waals surface area contributed by atoms with E-state index in [1.807, 2.05) is 31.2 Å². The third kappa shape index (κ3) is 5.21. The molecule has 7 heteroatoms. The molecule has 0 radical (unpaired) electrons. The SMILES string of the molecule is CSC(=O)/C(Cl)=C(Cl)\C(Cl)=C(\Cl)Sc1ccc(C)cc1. The van der Waals surface area contributed by atoms with Gasteiger partial charge in [-0.2, -0.15) is 0 Å². The minimum absolute atomic E-state index is 0.0442. The van der Waals surface area contributed by atoms with Crippen molar-refractivity contribution in [1.82, 2.24) is 0 Å². The summed E-state index contributed by atoms with van der Waals surface area (Å²) in [7, 11) is 0. The largest absolute Gasteiger partial charge is 0.281 e. The lowest BCUT2D eigenvalue weighted by Gasteiger charge is -2.05. The Balaban J connectivity index is 3.00. The van der Waals surface area contributed by atoms with Crippen molar-refractivity contribution in [2.75, 3.05) is 6.26 Å². The maximum absolute atomic E-state index is 11.4. The van der Waals surface area contributed by atoms with Gasteiger partial charge in [-0.05, 0) is 25.3 Å². The Labute approximate surface area is 146 Å². The normalized spacial score (nSPS) is 13.7. The van der Waals surface area contributed by atoms with Crippen molar-refractivity contribution in [2.45, 2.75) is 11.8 Å². The zero-order chi connectivity index (χ0) is 15.3. The predicted octanol–water partition coefficient (Wildman–Crippen LogP) is 6.31. The molecule has 0 unspecified atom stereocenters. The fourth-order valence-electron chi connectivity index (χ4n) is 1.12. The van der Waals surface area contributed by atoms with E-state index in [9.17, 15) is 4.79 Å². The van der Waals surface area contributed by atoms with Crippen molar-refractivity contribution in [3.8, 4) is 0 Å². The standard InChI is InChI=1S/C13H10Cl4OS2/c1-7-3-5-8(6-4-7)20-12(17)10(15)9(14)11(16)13(18)19-2/h3-6H,1-2H3/b11-9-,12-10+. The van der Waals surface area contributed by atoms with E-state index in [1.54, 1.807) is 6.26 Å². The number of halogens is 4. The van der Waals surface area contributed by atoms with Crippen molar-refractivity contribution in [2.24, 2.45) is 0 Å². The number of benzene rings is 1. The topological polar surface area (TPSA) is 17.1 Å². The van der Waals surface area contributed by atoms with Crippen molar-refractivity contribution in [3.05, 3.63) is 49.3 Å². The Bertz CT molecular complexity index is 564. The number of rotatable bonds is 4. The van der Waals surface area contributed by atoms with Crippen LogP contribution in [0.15, 0.2) is 48.6 Å². The Morgan fingerprint density at radius 3 is 2.00 bits per heavy atom. The lowest BCUT2D eigenvalue weighted by Crippen LogP contribution is -1.93. The minimum atomic E-state index is -0.361. The summed E-state index contributed by atoms with van der Waals surface area (Å²) >= 11 is 26.2. The molecule has 0 aromatic heterocycles. The van der Waals surface area contributed by atoms with Gasteiger partial charge < -0.3 is 0 Å². The summed E-state index contributed by atoms with van der Waals surface area (Å²) in [6.45, 7) is 1.99. The molecule has 0 atom stereocenters. The van der Waals surface area contributed by atoms with Gasteiger partial charge in [-0.1, -0.05) is 87.6 Å². The molecule has 0 aliphatic heterocycles. The van der Waals surface area contributed by atoms with Crippen molar-refractivity contribution in [3.63, 3.8) is 0 Å². The van der Waals surface area contributed by atoms with E-state index in [0.29, 0.717) is 0 Å². The molecule has 0 N–H and O–H groups in total. The van der Waals surface area contributed by atoms with Crippen LogP contribution in [0, 0.1) is 6.92 Å². The van der Waals surface area contributed by atoms with Gasteiger partial charge >= 0.3 is 0 Å². The van der Waals surface area contributed by atoms with Gasteiger partial charge in [-0.25, -0.2) is 0 Å². The Morgan fingerprint density at radius 2 is 1.50 bits per heavy atom. The summed E-state index contributed by atoms with van der Waals surface area (Å²) in [5.74, 6) is 0. The second kappa shape index (κ2) is 8.62. The number of carbonyl (C=O) groups excluding carboxylic acids is 1. The van der Waals surface area contributed by atoms with Gasteiger partial charge in [0.15, 0.2) is 0 Å². The maximum atomic E-state index is 11.4. The zero-order valence-corrected chi connectivity index (χ0v) is 15.2. The van der Waals surface area contributed by atoms with Crippen LogP contribution in [0.3, 0.4) is 0 Å². The highest BCUT2D eigenvalue weighted by atomic mass is 35.5. The number of allylic oxidation sites excluding steroid dienone is 2. The summed E-state index contributed by atoms with van der Waals surface area (Å²) in [5, 5.41) is -0.477. The van der Waals surface area contributed by atoms with Gasteiger partial charge in [0.25, 0.3) is 0 Å². The highest BCUT2D eigenvalue weighted by molar-refractivity contribution is 8.13. The van der Waals surface area contributed by atoms with Crippen LogP contribution >= 0.6 is 69.9 Å². The van der Waals surface area contributed by atoms with Gasteiger partial charge in [-0.3, -0.25) is 4.79 Å². The highest BCUT2D eigenvalue weighted by Gasteiger charge is 2.16. The van der Waals surface area contributed by atoms with E-state index in [1.165, 1.54) is 11.8 Å². The van der Waals surface area contributed by atoms with Crippen LogP contribution in [0.5, 0.6) is 0 Å². The highest BCUT2D eigenvalue weighted by Crippen LogP contribution is 2.39. The van der Waals surface area contributed by atoms with Gasteiger partial charge in [0, 0.05) is 4.90 Å². The molecule has 1 rings (SSSR count). The molecule has 0 saturated heterocycles. The van der Waals surface area contributed by atoms with Crippen LogP contribution in [0.25, 0.3) is 0 Å². The van der Waals surface area contributed by atoms with Gasteiger partial charge in [0.1, 0.15) is 5.03 Å². The molecule has 0 heterocycles. The first kappa shape index (κ1) is 18.3. The second-order valence-electron chi connectivity index (χ2n) is 3.62. The van der Waals surface area contributed by atoms with Crippen LogP contribution in [0.2, 0.25) is 0 Å². The third-order valence-corrected chi connectivity index (χ3v) is 5.67. The first-order valence-corrected chi connectivity index (χ1v) is 8.86. The molecule has 0 bridgehead atoms. The van der Waals surface area contributed by atoms with Gasteiger partial charge in [-0.15, -0.1) is 0 Å². The summed E-state index contributed by atoms with van der Waals surface area (Å²) in [6.07, 6.45) is 1.61. The van der Waals surface area contributed by atoms with Crippen LogP contribution in [0.4, 0.5) is 0 Å². The maximum Gasteiger partial charge on any atom is 0.232 e. The summed E-state index contributed by atoms with van der Waals surface area (Å²) in [4.78, 5) is 12.3. The molecule has 0 amide bonds. The molecule has 0 spiro atoms. The predicted molar refractivity (Wildman–Crippen MR) is 93.0 cm³/mol. The fourth-order valence-corrected chi connectivity index (χ4v) is 3.36. The molecule has 0 fully saturated rings. The van der Waals surface area contributed by atoms with E-state index in [2.05, 4.69) is 0 Å². The number of hydrogen-bond donors (Lipinski definition) is 0. The van der Waals surface area contributed by atoms with Crippen molar-refractivity contribution >= 4 is 75.0 Å². The number of carbonyl (C=O) groups is 1. The Kier molecular flexibility index (Phi) is 7.88. The second-order valence-corrected chi connectivity index (χ2v) is 7.22. The molecule has 0 aliphatic rings. The van der Waals surface area contributed by atoms with E-state index >= 15 is 0 Å². The average Bonchev–Trinajstić information content (AvgIpc) is 2.46. The smallest absolute Gasteiger partial charge is 0.232 e. The van der Waals surface area contributed by atoms with E-state index in [-0.39, 0.29) is 24.6 Å².